The van der Waals surface area contributed by atoms with E-state index in [-0.39, 0.29) is 17.2 Å². The fourth-order valence-electron chi connectivity index (χ4n) is 1.67. The van der Waals surface area contributed by atoms with Crippen LogP contribution >= 0.6 is 46.4 Å². The maximum absolute atomic E-state index is 12.2. The van der Waals surface area contributed by atoms with Gasteiger partial charge in [-0.05, 0) is 35.9 Å². The van der Waals surface area contributed by atoms with E-state index in [0.29, 0.717) is 26.2 Å². The Morgan fingerprint density at radius 2 is 1.68 bits per heavy atom. The third-order valence-corrected chi connectivity index (χ3v) is 4.03. The highest BCUT2D eigenvalue weighted by atomic mass is 35.5. The first-order chi connectivity index (χ1) is 8.99. The van der Waals surface area contributed by atoms with Gasteiger partial charge in [0.25, 0.3) is 0 Å². The van der Waals surface area contributed by atoms with Crippen LogP contribution in [0, 0.1) is 0 Å². The van der Waals surface area contributed by atoms with Gasteiger partial charge in [0.05, 0.1) is 10.0 Å². The van der Waals surface area contributed by atoms with Crippen LogP contribution in [0.15, 0.2) is 36.4 Å². The smallest absolute Gasteiger partial charge is 0.168 e. The van der Waals surface area contributed by atoms with Gasteiger partial charge in [-0.15, -0.1) is 0 Å². The van der Waals surface area contributed by atoms with Crippen LogP contribution in [-0.2, 0) is 6.42 Å². The quantitative estimate of drug-likeness (QED) is 0.656. The number of ketones is 1. The van der Waals surface area contributed by atoms with Crippen LogP contribution in [0.25, 0.3) is 0 Å². The SMILES string of the molecule is O=C(Cc1cc(Cl)ccc1Cl)c1cccc(Cl)c1Cl. The predicted molar refractivity (Wildman–Crippen MR) is 81.0 cm³/mol. The summed E-state index contributed by atoms with van der Waals surface area (Å²) in [5.41, 5.74) is 1.04. The zero-order valence-corrected chi connectivity index (χ0v) is 12.6. The molecule has 0 aliphatic rings. The number of Topliss-reactive ketones (excluding diaryl/α,β-unsaturated/α-hetero) is 1. The minimum absolute atomic E-state index is 0.124. The number of hydrogen-bond acceptors (Lipinski definition) is 1. The molecule has 0 N–H and O–H groups in total. The lowest BCUT2D eigenvalue weighted by molar-refractivity contribution is 0.0993. The normalized spacial score (nSPS) is 10.5. The summed E-state index contributed by atoms with van der Waals surface area (Å²) in [4.78, 5) is 12.2. The van der Waals surface area contributed by atoms with Gasteiger partial charge in [-0.25, -0.2) is 0 Å². The van der Waals surface area contributed by atoms with E-state index in [1.165, 1.54) is 0 Å². The summed E-state index contributed by atoms with van der Waals surface area (Å²) in [6.45, 7) is 0. The molecule has 2 aromatic carbocycles. The Hall–Kier alpha value is -0.730. The van der Waals surface area contributed by atoms with Crippen LogP contribution in [0.5, 0.6) is 0 Å². The average Bonchev–Trinajstić information content (AvgIpc) is 2.37. The molecule has 0 radical (unpaired) electrons. The van der Waals surface area contributed by atoms with E-state index in [1.807, 2.05) is 0 Å². The van der Waals surface area contributed by atoms with Crippen LogP contribution in [0.1, 0.15) is 15.9 Å². The van der Waals surface area contributed by atoms with Crippen LogP contribution in [0.4, 0.5) is 0 Å². The molecule has 2 rings (SSSR count). The van der Waals surface area contributed by atoms with Gasteiger partial charge in [0.2, 0.25) is 0 Å². The molecule has 5 heteroatoms. The van der Waals surface area contributed by atoms with Crippen molar-refractivity contribution in [3.63, 3.8) is 0 Å². The maximum Gasteiger partial charge on any atom is 0.168 e. The Morgan fingerprint density at radius 1 is 0.947 bits per heavy atom. The second kappa shape index (κ2) is 6.15. The lowest BCUT2D eigenvalue weighted by Gasteiger charge is -2.07. The standard InChI is InChI=1S/C14H8Cl4O/c15-9-4-5-11(16)8(6-9)7-13(19)10-2-1-3-12(17)14(10)18/h1-6H,7H2. The highest BCUT2D eigenvalue weighted by Gasteiger charge is 2.14. The molecule has 0 atom stereocenters. The third-order valence-electron chi connectivity index (χ3n) is 2.61. The van der Waals surface area contributed by atoms with Gasteiger partial charge in [0.1, 0.15) is 0 Å². The van der Waals surface area contributed by atoms with Crippen LogP contribution in [-0.4, -0.2) is 5.78 Å². The highest BCUT2D eigenvalue weighted by Crippen LogP contribution is 2.28. The summed E-state index contributed by atoms with van der Waals surface area (Å²) in [5.74, 6) is -0.156. The third kappa shape index (κ3) is 3.43. The molecule has 0 bridgehead atoms. The van der Waals surface area contributed by atoms with Gasteiger partial charge in [0, 0.05) is 22.0 Å². The molecule has 0 unspecified atom stereocenters. The minimum atomic E-state index is -0.156. The molecule has 2 aromatic rings. The van der Waals surface area contributed by atoms with E-state index < -0.39 is 0 Å². The molecule has 0 saturated carbocycles. The van der Waals surface area contributed by atoms with Crippen molar-refractivity contribution < 1.29 is 4.79 Å². The molecule has 0 heterocycles. The van der Waals surface area contributed by atoms with E-state index in [1.54, 1.807) is 36.4 Å². The summed E-state index contributed by atoms with van der Waals surface area (Å²) in [6, 6.07) is 9.94. The zero-order valence-electron chi connectivity index (χ0n) is 9.59. The molecular weight excluding hydrogens is 326 g/mol. The largest absolute Gasteiger partial charge is 0.294 e. The molecule has 0 aliphatic carbocycles. The Bertz CT molecular complexity index is 637. The zero-order chi connectivity index (χ0) is 14.0. The van der Waals surface area contributed by atoms with Gasteiger partial charge in [-0.2, -0.15) is 0 Å². The predicted octanol–water partition coefficient (Wildman–Crippen LogP) is 5.73. The molecule has 0 fully saturated rings. The average molecular weight is 334 g/mol. The Balaban J connectivity index is 2.31. The first-order valence-corrected chi connectivity index (χ1v) is 6.91. The fourth-order valence-corrected chi connectivity index (χ4v) is 2.45. The second-order valence-electron chi connectivity index (χ2n) is 3.94. The molecule has 0 aromatic heterocycles. The van der Waals surface area contributed by atoms with Crippen molar-refractivity contribution in [2.75, 3.05) is 0 Å². The molecule has 19 heavy (non-hydrogen) atoms. The number of rotatable bonds is 3. The van der Waals surface area contributed by atoms with Gasteiger partial charge in [-0.3, -0.25) is 4.79 Å². The van der Waals surface area contributed by atoms with E-state index in [2.05, 4.69) is 0 Å². The van der Waals surface area contributed by atoms with Crippen molar-refractivity contribution in [1.29, 1.82) is 0 Å². The van der Waals surface area contributed by atoms with Crippen LogP contribution < -0.4 is 0 Å². The second-order valence-corrected chi connectivity index (χ2v) is 5.57. The highest BCUT2D eigenvalue weighted by molar-refractivity contribution is 6.44. The molecule has 0 aliphatic heterocycles. The van der Waals surface area contributed by atoms with Crippen molar-refractivity contribution in [2.45, 2.75) is 6.42 Å². The van der Waals surface area contributed by atoms with Crippen molar-refractivity contribution in [2.24, 2.45) is 0 Å². The van der Waals surface area contributed by atoms with Gasteiger partial charge in [-0.1, -0.05) is 52.5 Å². The molecule has 1 nitrogen and oxygen atoms in total. The summed E-state index contributed by atoms with van der Waals surface area (Å²) in [6.07, 6.45) is 0.124. The van der Waals surface area contributed by atoms with E-state index >= 15 is 0 Å². The maximum atomic E-state index is 12.2. The molecule has 0 amide bonds. The topological polar surface area (TPSA) is 17.1 Å². The molecule has 98 valence electrons. The first-order valence-electron chi connectivity index (χ1n) is 5.40. The Labute approximate surface area is 131 Å². The van der Waals surface area contributed by atoms with Crippen molar-refractivity contribution in [3.8, 4) is 0 Å². The first kappa shape index (κ1) is 14.7. The van der Waals surface area contributed by atoms with Crippen molar-refractivity contribution in [3.05, 3.63) is 67.6 Å². The van der Waals surface area contributed by atoms with E-state index in [0.717, 1.165) is 0 Å². The van der Waals surface area contributed by atoms with Crippen molar-refractivity contribution >= 4 is 52.2 Å². The van der Waals surface area contributed by atoms with Gasteiger partial charge < -0.3 is 0 Å². The van der Waals surface area contributed by atoms with Crippen molar-refractivity contribution in [1.82, 2.24) is 0 Å². The molecule has 0 saturated heterocycles. The minimum Gasteiger partial charge on any atom is -0.294 e. The number of carbonyl (C=O) groups is 1. The molecular formula is C14H8Cl4O. The molecule has 0 spiro atoms. The van der Waals surface area contributed by atoms with Crippen LogP contribution in [0.2, 0.25) is 20.1 Å². The monoisotopic (exact) mass is 332 g/mol. The van der Waals surface area contributed by atoms with E-state index in [4.69, 9.17) is 46.4 Å². The number of benzene rings is 2. The number of hydrogen-bond donors (Lipinski definition) is 0. The van der Waals surface area contributed by atoms with Gasteiger partial charge >= 0.3 is 0 Å². The van der Waals surface area contributed by atoms with E-state index in [9.17, 15) is 4.79 Å². The Morgan fingerprint density at radius 3 is 2.42 bits per heavy atom. The summed E-state index contributed by atoms with van der Waals surface area (Å²) in [7, 11) is 0. The summed E-state index contributed by atoms with van der Waals surface area (Å²) in [5, 5.41) is 1.64. The summed E-state index contributed by atoms with van der Waals surface area (Å²) >= 11 is 23.8. The summed E-state index contributed by atoms with van der Waals surface area (Å²) < 4.78 is 0. The van der Waals surface area contributed by atoms with Crippen LogP contribution in [0.3, 0.4) is 0 Å². The lowest BCUT2D eigenvalue weighted by atomic mass is 10.0. The Kier molecular flexibility index (Phi) is 4.75. The van der Waals surface area contributed by atoms with Gasteiger partial charge in [0.15, 0.2) is 5.78 Å². The number of halogens is 4. The number of carbonyl (C=O) groups excluding carboxylic acids is 1. The lowest BCUT2D eigenvalue weighted by Crippen LogP contribution is -2.05. The fraction of sp³-hybridized carbons (Fsp3) is 0.0714.